The molecule has 0 radical (unpaired) electrons. The van der Waals surface area contributed by atoms with Gasteiger partial charge in [0.2, 0.25) is 0 Å². The fourth-order valence-electron chi connectivity index (χ4n) is 4.40. The molecule has 0 spiro atoms. The maximum atomic E-state index is 13.5. The molecule has 1 amide bonds. The first-order valence-electron chi connectivity index (χ1n) is 11.2. The van der Waals surface area contributed by atoms with E-state index in [0.29, 0.717) is 35.4 Å². The van der Waals surface area contributed by atoms with Gasteiger partial charge in [-0.25, -0.2) is 4.98 Å². The smallest absolute Gasteiger partial charge is 0.261 e. The highest BCUT2D eigenvalue weighted by molar-refractivity contribution is 6.35. The van der Waals surface area contributed by atoms with E-state index in [0.717, 1.165) is 28.8 Å². The lowest BCUT2D eigenvalue weighted by atomic mass is 10.0. The third-order valence-corrected chi connectivity index (χ3v) is 6.00. The highest BCUT2D eigenvalue weighted by Crippen LogP contribution is 2.38. The van der Waals surface area contributed by atoms with E-state index in [-0.39, 0.29) is 11.5 Å². The highest BCUT2D eigenvalue weighted by atomic mass is 16.2. The Kier molecular flexibility index (Phi) is 5.38. The van der Waals surface area contributed by atoms with Crippen molar-refractivity contribution in [2.45, 2.75) is 26.8 Å². The van der Waals surface area contributed by atoms with Crippen molar-refractivity contribution in [3.63, 3.8) is 0 Å². The molecule has 0 atom stereocenters. The van der Waals surface area contributed by atoms with E-state index >= 15 is 0 Å². The first-order chi connectivity index (χ1) is 16.1. The number of rotatable bonds is 5. The quantitative estimate of drug-likeness (QED) is 0.412. The molecule has 0 fully saturated rings. The van der Waals surface area contributed by atoms with Crippen LogP contribution in [0.25, 0.3) is 22.6 Å². The summed E-state index contributed by atoms with van der Waals surface area (Å²) in [6.07, 6.45) is 2.65. The van der Waals surface area contributed by atoms with Crippen LogP contribution in [0.1, 0.15) is 35.9 Å². The number of anilines is 1. The Balaban J connectivity index is 1.73. The van der Waals surface area contributed by atoms with E-state index in [1.54, 1.807) is 16.7 Å². The number of hydrogen-bond donors (Lipinski definition) is 0. The van der Waals surface area contributed by atoms with Crippen molar-refractivity contribution in [1.29, 1.82) is 0 Å². The van der Waals surface area contributed by atoms with Gasteiger partial charge >= 0.3 is 0 Å². The lowest BCUT2D eigenvalue weighted by Crippen LogP contribution is -2.27. The summed E-state index contributed by atoms with van der Waals surface area (Å²) in [6, 6.07) is 23.2. The van der Waals surface area contributed by atoms with Gasteiger partial charge in [-0.2, -0.15) is 0 Å². The van der Waals surface area contributed by atoms with Crippen molar-refractivity contribution in [1.82, 2.24) is 9.55 Å². The van der Waals surface area contributed by atoms with Crippen molar-refractivity contribution in [2.24, 2.45) is 0 Å². The first-order valence-corrected chi connectivity index (χ1v) is 11.2. The number of benzene rings is 3. The molecule has 2 heterocycles. The van der Waals surface area contributed by atoms with Crippen LogP contribution in [0, 0.1) is 6.92 Å². The van der Waals surface area contributed by atoms with Gasteiger partial charge in [-0.3, -0.25) is 14.2 Å². The van der Waals surface area contributed by atoms with Crippen molar-refractivity contribution >= 4 is 34.1 Å². The number of carbonyl (C=O) groups is 1. The van der Waals surface area contributed by atoms with Gasteiger partial charge < -0.3 is 4.90 Å². The van der Waals surface area contributed by atoms with Gasteiger partial charge in [0.25, 0.3) is 11.5 Å². The van der Waals surface area contributed by atoms with Gasteiger partial charge in [0, 0.05) is 12.1 Å². The minimum absolute atomic E-state index is 0.0499. The average Bonchev–Trinajstić information content (AvgIpc) is 3.07. The summed E-state index contributed by atoms with van der Waals surface area (Å²) in [6.45, 7) is 5.11. The zero-order chi connectivity index (χ0) is 22.9. The van der Waals surface area contributed by atoms with Crippen LogP contribution < -0.4 is 10.5 Å². The minimum Gasteiger partial charge on any atom is -0.308 e. The van der Waals surface area contributed by atoms with E-state index in [1.165, 1.54) is 0 Å². The predicted octanol–water partition coefficient (Wildman–Crippen LogP) is 5.05. The van der Waals surface area contributed by atoms with Gasteiger partial charge in [0.15, 0.2) is 0 Å². The average molecular weight is 436 g/mol. The van der Waals surface area contributed by atoms with E-state index in [1.807, 2.05) is 78.6 Å². The summed E-state index contributed by atoms with van der Waals surface area (Å²) < 4.78 is 1.66. The molecule has 5 nitrogen and oxygen atoms in total. The van der Waals surface area contributed by atoms with Gasteiger partial charge in [0.05, 0.1) is 28.7 Å². The molecular weight excluding hydrogens is 410 g/mol. The van der Waals surface area contributed by atoms with E-state index < -0.39 is 0 Å². The Morgan fingerprint density at radius 1 is 0.939 bits per heavy atom. The third-order valence-electron chi connectivity index (χ3n) is 6.00. The Hall–Kier alpha value is -3.99. The Morgan fingerprint density at radius 2 is 1.70 bits per heavy atom. The number of carbonyl (C=O) groups excluding carboxylic acids is 1. The number of amides is 1. The fraction of sp³-hybridized carbons (Fsp3) is 0.179. The van der Waals surface area contributed by atoms with Gasteiger partial charge in [0.1, 0.15) is 5.82 Å². The topological polar surface area (TPSA) is 55.2 Å². The van der Waals surface area contributed by atoms with Crippen molar-refractivity contribution in [3.05, 3.63) is 106 Å². The molecule has 0 saturated carbocycles. The number of nitrogens with zero attached hydrogens (tertiary/aromatic N) is 3. The molecule has 0 N–H and O–H groups in total. The molecule has 5 heteroatoms. The predicted molar refractivity (Wildman–Crippen MR) is 133 cm³/mol. The second-order valence-corrected chi connectivity index (χ2v) is 8.40. The molecule has 5 rings (SSSR count). The Bertz CT molecular complexity index is 1450. The van der Waals surface area contributed by atoms with Gasteiger partial charge in [-0.1, -0.05) is 61.0 Å². The molecule has 1 aromatic heterocycles. The second kappa shape index (κ2) is 8.51. The maximum absolute atomic E-state index is 13.5. The summed E-state index contributed by atoms with van der Waals surface area (Å²) in [4.78, 5) is 33.5. The van der Waals surface area contributed by atoms with Crippen molar-refractivity contribution < 1.29 is 4.79 Å². The lowest BCUT2D eigenvalue weighted by Gasteiger charge is -2.15. The minimum atomic E-state index is -0.114. The normalized spacial score (nSPS) is 14.3. The van der Waals surface area contributed by atoms with Crippen LogP contribution in [0.15, 0.2) is 77.6 Å². The third kappa shape index (κ3) is 3.76. The molecule has 33 heavy (non-hydrogen) atoms. The highest BCUT2D eigenvalue weighted by Gasteiger charge is 2.32. The standard InChI is InChI=1S/C28H25N3O2/c1-3-15-30-25-14-13-19(2)16-22(25)23(28(30)33)17-26-29-24-12-8-7-11-21(24)27(32)31(26)18-20-9-5-4-6-10-20/h4-14,16-17H,3,15,18H2,1-2H3. The zero-order valence-electron chi connectivity index (χ0n) is 18.8. The number of hydrogen-bond acceptors (Lipinski definition) is 3. The summed E-state index contributed by atoms with van der Waals surface area (Å²) in [5.74, 6) is 0.433. The van der Waals surface area contributed by atoms with Crippen LogP contribution in [0.5, 0.6) is 0 Å². The van der Waals surface area contributed by atoms with Crippen LogP contribution in [-0.2, 0) is 11.3 Å². The summed E-state index contributed by atoms with van der Waals surface area (Å²) in [5.41, 5.74) is 4.97. The van der Waals surface area contributed by atoms with E-state index in [9.17, 15) is 9.59 Å². The molecular formula is C28H25N3O2. The molecule has 0 bridgehead atoms. The number of fused-ring (bicyclic) bond motifs is 2. The largest absolute Gasteiger partial charge is 0.308 e. The van der Waals surface area contributed by atoms with Crippen molar-refractivity contribution in [2.75, 3.05) is 11.4 Å². The Labute approximate surface area is 192 Å². The van der Waals surface area contributed by atoms with E-state index in [2.05, 4.69) is 6.92 Å². The Morgan fingerprint density at radius 3 is 2.48 bits per heavy atom. The molecule has 0 saturated heterocycles. The van der Waals surface area contributed by atoms with Crippen LogP contribution in [0.4, 0.5) is 5.69 Å². The maximum Gasteiger partial charge on any atom is 0.261 e. The van der Waals surface area contributed by atoms with E-state index in [4.69, 9.17) is 4.98 Å². The fourth-order valence-corrected chi connectivity index (χ4v) is 4.40. The summed E-state index contributed by atoms with van der Waals surface area (Å²) in [7, 11) is 0. The first kappa shape index (κ1) is 20.9. The lowest BCUT2D eigenvalue weighted by molar-refractivity contribution is -0.113. The van der Waals surface area contributed by atoms with Crippen molar-refractivity contribution in [3.8, 4) is 0 Å². The summed E-state index contributed by atoms with van der Waals surface area (Å²) >= 11 is 0. The molecule has 1 aliphatic rings. The molecule has 3 aromatic carbocycles. The molecule has 164 valence electrons. The summed E-state index contributed by atoms with van der Waals surface area (Å²) in [5, 5.41) is 0.567. The van der Waals surface area contributed by atoms with Crippen LogP contribution in [0.2, 0.25) is 0 Å². The molecule has 0 unspecified atom stereocenters. The van der Waals surface area contributed by atoms with Gasteiger partial charge in [-0.05, 0) is 49.2 Å². The number of para-hydroxylation sites is 1. The zero-order valence-corrected chi connectivity index (χ0v) is 18.8. The van der Waals surface area contributed by atoms with Gasteiger partial charge in [-0.15, -0.1) is 0 Å². The molecule has 4 aromatic rings. The van der Waals surface area contributed by atoms with Crippen LogP contribution in [0.3, 0.4) is 0 Å². The monoisotopic (exact) mass is 435 g/mol. The second-order valence-electron chi connectivity index (χ2n) is 8.40. The molecule has 0 aliphatic carbocycles. The number of aromatic nitrogens is 2. The molecule has 1 aliphatic heterocycles. The van der Waals surface area contributed by atoms with Crippen LogP contribution in [-0.4, -0.2) is 22.0 Å². The SMILES string of the molecule is CCCN1C(=O)C(=Cc2nc3ccccc3c(=O)n2Cc2ccccc2)c2cc(C)ccc21. The number of aryl methyl sites for hydroxylation is 1. The van der Waals surface area contributed by atoms with Crippen LogP contribution >= 0.6 is 0 Å².